The Morgan fingerprint density at radius 1 is 0.818 bits per heavy atom. The van der Waals surface area contributed by atoms with E-state index in [1.807, 2.05) is 12.1 Å². The largest absolute Gasteiger partial charge is 0.416 e. The predicted octanol–water partition coefficient (Wildman–Crippen LogP) is 6.42. The van der Waals surface area contributed by atoms with Gasteiger partial charge in [0.05, 0.1) is 11.6 Å². The average Bonchev–Trinajstić information content (AvgIpc) is 2.85. The summed E-state index contributed by atoms with van der Waals surface area (Å²) in [5.74, 6) is 0.594. The SMILES string of the molecule is FC(F)(F)c1cccc(C=N[C@@H]2C3CCN(CC3)[C@@H]2C(c2ccccc2)c2ccccc2)c1. The summed E-state index contributed by atoms with van der Waals surface area (Å²) >= 11 is 0. The second-order valence-corrected chi connectivity index (χ2v) is 9.06. The Morgan fingerprint density at radius 3 is 2.00 bits per heavy atom. The van der Waals surface area contributed by atoms with Crippen molar-refractivity contribution in [3.05, 3.63) is 107 Å². The molecule has 3 heterocycles. The summed E-state index contributed by atoms with van der Waals surface area (Å²) < 4.78 is 39.5. The van der Waals surface area contributed by atoms with Crippen molar-refractivity contribution >= 4 is 6.21 Å². The maximum Gasteiger partial charge on any atom is 0.416 e. The van der Waals surface area contributed by atoms with Crippen LogP contribution in [-0.4, -0.2) is 36.3 Å². The molecule has 6 rings (SSSR count). The van der Waals surface area contributed by atoms with Crippen LogP contribution in [0.4, 0.5) is 13.2 Å². The van der Waals surface area contributed by atoms with E-state index in [1.54, 1.807) is 12.3 Å². The Balaban J connectivity index is 1.53. The fourth-order valence-corrected chi connectivity index (χ4v) is 5.55. The van der Waals surface area contributed by atoms with Crippen molar-refractivity contribution in [2.75, 3.05) is 13.1 Å². The zero-order chi connectivity index (χ0) is 22.8. The van der Waals surface area contributed by atoms with Crippen LogP contribution in [-0.2, 0) is 6.18 Å². The number of fused-ring (bicyclic) bond motifs is 3. The third-order valence-corrected chi connectivity index (χ3v) is 7.10. The first-order chi connectivity index (χ1) is 16.0. The highest BCUT2D eigenvalue weighted by atomic mass is 19.4. The number of hydrogen-bond acceptors (Lipinski definition) is 2. The smallest absolute Gasteiger partial charge is 0.297 e. The fraction of sp³-hybridized carbons (Fsp3) is 0.321. The lowest BCUT2D eigenvalue weighted by atomic mass is 9.71. The highest BCUT2D eigenvalue weighted by Gasteiger charge is 2.46. The Labute approximate surface area is 192 Å². The van der Waals surface area contributed by atoms with Crippen LogP contribution in [0.25, 0.3) is 0 Å². The third-order valence-electron chi connectivity index (χ3n) is 7.10. The van der Waals surface area contributed by atoms with Crippen LogP contribution in [0.15, 0.2) is 89.9 Å². The third kappa shape index (κ3) is 4.60. The molecule has 0 amide bonds. The van der Waals surface area contributed by atoms with Crippen molar-refractivity contribution in [2.24, 2.45) is 10.9 Å². The van der Waals surface area contributed by atoms with Gasteiger partial charge in [-0.25, -0.2) is 0 Å². The monoisotopic (exact) mass is 448 g/mol. The summed E-state index contributed by atoms with van der Waals surface area (Å²) in [6.07, 6.45) is -0.537. The maximum absolute atomic E-state index is 13.2. The maximum atomic E-state index is 13.2. The second-order valence-electron chi connectivity index (χ2n) is 9.06. The summed E-state index contributed by atoms with van der Waals surface area (Å²) in [5, 5.41) is 0. The number of piperidine rings is 3. The lowest BCUT2D eigenvalue weighted by molar-refractivity contribution is -0.137. The molecule has 3 aliphatic heterocycles. The number of alkyl halides is 3. The number of rotatable bonds is 5. The van der Waals surface area contributed by atoms with Gasteiger partial charge in [-0.15, -0.1) is 0 Å². The molecule has 3 aromatic carbocycles. The molecule has 0 unspecified atom stereocenters. The highest BCUT2D eigenvalue weighted by Crippen LogP contribution is 2.43. The molecule has 0 aromatic heterocycles. The zero-order valence-electron chi connectivity index (χ0n) is 18.3. The van der Waals surface area contributed by atoms with Crippen molar-refractivity contribution in [2.45, 2.75) is 37.0 Å². The van der Waals surface area contributed by atoms with Gasteiger partial charge in [0.2, 0.25) is 0 Å². The Morgan fingerprint density at radius 2 is 1.42 bits per heavy atom. The van der Waals surface area contributed by atoms with Gasteiger partial charge in [0.15, 0.2) is 0 Å². The molecule has 2 atom stereocenters. The first kappa shape index (κ1) is 21.9. The lowest BCUT2D eigenvalue weighted by Gasteiger charge is -2.52. The number of nitrogens with zero attached hydrogens (tertiary/aromatic N) is 2. The minimum Gasteiger partial charge on any atom is -0.297 e. The van der Waals surface area contributed by atoms with E-state index >= 15 is 0 Å². The van der Waals surface area contributed by atoms with Crippen LogP contribution in [0, 0.1) is 5.92 Å². The predicted molar refractivity (Wildman–Crippen MR) is 126 cm³/mol. The van der Waals surface area contributed by atoms with E-state index in [2.05, 4.69) is 53.4 Å². The van der Waals surface area contributed by atoms with Crippen molar-refractivity contribution in [1.82, 2.24) is 4.90 Å². The van der Waals surface area contributed by atoms with E-state index in [-0.39, 0.29) is 18.0 Å². The van der Waals surface area contributed by atoms with Gasteiger partial charge in [0, 0.05) is 18.2 Å². The van der Waals surface area contributed by atoms with E-state index in [9.17, 15) is 13.2 Å². The molecular formula is C28H27F3N2. The van der Waals surface area contributed by atoms with Gasteiger partial charge in [-0.2, -0.15) is 13.2 Å². The first-order valence-corrected chi connectivity index (χ1v) is 11.5. The topological polar surface area (TPSA) is 15.6 Å². The fourth-order valence-electron chi connectivity index (χ4n) is 5.55. The molecule has 3 aliphatic rings. The zero-order valence-corrected chi connectivity index (χ0v) is 18.3. The van der Waals surface area contributed by atoms with Crippen LogP contribution in [0.3, 0.4) is 0 Å². The van der Waals surface area contributed by atoms with E-state index in [4.69, 9.17) is 4.99 Å². The van der Waals surface area contributed by atoms with E-state index < -0.39 is 11.7 Å². The molecule has 3 saturated heterocycles. The van der Waals surface area contributed by atoms with Gasteiger partial charge in [0.25, 0.3) is 0 Å². The van der Waals surface area contributed by atoms with Gasteiger partial charge in [-0.3, -0.25) is 9.89 Å². The second kappa shape index (κ2) is 9.14. The Kier molecular flexibility index (Phi) is 6.07. The lowest BCUT2D eigenvalue weighted by Crippen LogP contribution is -2.59. The molecule has 0 aliphatic carbocycles. The van der Waals surface area contributed by atoms with Gasteiger partial charge < -0.3 is 0 Å². The summed E-state index contributed by atoms with van der Waals surface area (Å²) in [6.45, 7) is 2.09. The van der Waals surface area contributed by atoms with Crippen LogP contribution >= 0.6 is 0 Å². The standard InChI is InChI=1S/C28H27F3N2/c29-28(30,31)24-13-7-8-20(18-24)19-32-26-23-14-16-33(17-15-23)27(26)25(21-9-3-1-4-10-21)22-11-5-2-6-12-22/h1-13,18-19,23,25-27H,14-17H2/t26-,27-/m1/s1. The molecule has 2 nitrogen and oxygen atoms in total. The van der Waals surface area contributed by atoms with E-state index in [1.165, 1.54) is 23.3 Å². The molecule has 3 aromatic rings. The number of halogens is 3. The number of aliphatic imine (C=N–C) groups is 1. The van der Waals surface area contributed by atoms with Crippen molar-refractivity contribution in [3.8, 4) is 0 Å². The van der Waals surface area contributed by atoms with Crippen LogP contribution < -0.4 is 0 Å². The Bertz CT molecular complexity index is 1050. The summed E-state index contributed by atoms with van der Waals surface area (Å²) in [6, 6.07) is 26.7. The molecule has 0 N–H and O–H groups in total. The quantitative estimate of drug-likeness (QED) is 0.411. The minimum atomic E-state index is -4.35. The van der Waals surface area contributed by atoms with E-state index in [0.717, 1.165) is 32.0 Å². The number of hydrogen-bond donors (Lipinski definition) is 0. The first-order valence-electron chi connectivity index (χ1n) is 11.5. The molecule has 33 heavy (non-hydrogen) atoms. The van der Waals surface area contributed by atoms with Gasteiger partial charge in [-0.05, 0) is 60.7 Å². The summed E-state index contributed by atoms with van der Waals surface area (Å²) in [7, 11) is 0. The van der Waals surface area contributed by atoms with Gasteiger partial charge >= 0.3 is 6.18 Å². The van der Waals surface area contributed by atoms with Crippen molar-refractivity contribution in [3.63, 3.8) is 0 Å². The highest BCUT2D eigenvalue weighted by molar-refractivity contribution is 5.80. The van der Waals surface area contributed by atoms with Crippen molar-refractivity contribution in [1.29, 1.82) is 0 Å². The molecule has 3 fully saturated rings. The normalized spacial score (nSPS) is 25.1. The van der Waals surface area contributed by atoms with Crippen LogP contribution in [0.5, 0.6) is 0 Å². The average molecular weight is 449 g/mol. The van der Waals surface area contributed by atoms with Crippen LogP contribution in [0.2, 0.25) is 0 Å². The van der Waals surface area contributed by atoms with E-state index in [0.29, 0.717) is 11.5 Å². The van der Waals surface area contributed by atoms with Crippen molar-refractivity contribution < 1.29 is 13.2 Å². The summed E-state index contributed by atoms with van der Waals surface area (Å²) in [5.41, 5.74) is 2.36. The molecule has 2 bridgehead atoms. The molecule has 0 spiro atoms. The molecule has 170 valence electrons. The van der Waals surface area contributed by atoms with Gasteiger partial charge in [0.1, 0.15) is 0 Å². The molecule has 0 saturated carbocycles. The Hall–Kier alpha value is -2.92. The van der Waals surface area contributed by atoms with Crippen LogP contribution in [0.1, 0.15) is 41.0 Å². The van der Waals surface area contributed by atoms with Gasteiger partial charge in [-0.1, -0.05) is 72.8 Å². The minimum absolute atomic E-state index is 0.0347. The molecule has 0 radical (unpaired) electrons. The molecule has 5 heteroatoms. The number of benzene rings is 3. The summed E-state index contributed by atoms with van der Waals surface area (Å²) in [4.78, 5) is 7.52. The molecular weight excluding hydrogens is 421 g/mol.